The van der Waals surface area contributed by atoms with E-state index in [0.29, 0.717) is 26.2 Å². The Hall–Kier alpha value is -1.91. The van der Waals surface area contributed by atoms with Crippen LogP contribution in [0.2, 0.25) is 0 Å². The Morgan fingerprint density at radius 2 is 2.12 bits per heavy atom. The summed E-state index contributed by atoms with van der Waals surface area (Å²) in [5.41, 5.74) is 1.80. The summed E-state index contributed by atoms with van der Waals surface area (Å²) >= 11 is 6.36. The van der Waals surface area contributed by atoms with Gasteiger partial charge in [-0.15, -0.1) is 23.1 Å². The maximum absolute atomic E-state index is 13.3. The third-order valence-corrected chi connectivity index (χ3v) is 8.51. The number of esters is 1. The Morgan fingerprint density at radius 1 is 1.31 bits per heavy atom. The van der Waals surface area contributed by atoms with Gasteiger partial charge in [0, 0.05) is 42.1 Å². The van der Waals surface area contributed by atoms with Crippen LogP contribution in [0.1, 0.15) is 30.8 Å². The molecule has 10 heteroatoms. The van der Waals surface area contributed by atoms with Crippen molar-refractivity contribution in [2.75, 3.05) is 36.9 Å². The fraction of sp³-hybridized carbons (Fsp3) is 0.455. The summed E-state index contributed by atoms with van der Waals surface area (Å²) in [5.74, 6) is 0.0270. The quantitative estimate of drug-likeness (QED) is 0.413. The fourth-order valence-corrected chi connectivity index (χ4v) is 6.53. The van der Waals surface area contributed by atoms with Gasteiger partial charge in [0.1, 0.15) is 5.01 Å². The number of amides is 2. The number of anilines is 1. The molecule has 32 heavy (non-hydrogen) atoms. The number of rotatable bonds is 6. The molecule has 7 nitrogen and oxygen atoms in total. The number of benzene rings is 1. The summed E-state index contributed by atoms with van der Waals surface area (Å²) < 4.78 is 6.80. The second-order valence-electron chi connectivity index (χ2n) is 7.96. The number of fused-ring (bicyclic) bond motifs is 2. The van der Waals surface area contributed by atoms with E-state index in [1.165, 1.54) is 23.1 Å². The molecule has 3 heterocycles. The third kappa shape index (κ3) is 4.72. The van der Waals surface area contributed by atoms with Crippen molar-refractivity contribution in [2.45, 2.75) is 36.3 Å². The Kier molecular flexibility index (Phi) is 6.92. The minimum absolute atomic E-state index is 0.0111. The normalized spacial score (nSPS) is 19.5. The second-order valence-corrected chi connectivity index (χ2v) is 11.3. The standard InChI is InChI=1S/C22H24BrN3O4S2/c1-3-30-20(29)11-31-21-10-24-18(32-21)9-19(28)26-13-22(6-7-25(12-22)14(2)27)16-8-15(23)4-5-17(16)26/h4-5,8,10H,3,6-7,9,11-13H2,1-2H3/t22-/m1/s1. The number of thiazole rings is 1. The lowest BCUT2D eigenvalue weighted by molar-refractivity contribution is -0.139. The summed E-state index contributed by atoms with van der Waals surface area (Å²) in [4.78, 5) is 44.9. The highest BCUT2D eigenvalue weighted by molar-refractivity contribution is 9.10. The number of thioether (sulfide) groups is 1. The molecule has 1 aromatic carbocycles. The van der Waals surface area contributed by atoms with Crippen molar-refractivity contribution in [1.29, 1.82) is 0 Å². The largest absolute Gasteiger partial charge is 0.465 e. The number of hydrogen-bond donors (Lipinski definition) is 0. The summed E-state index contributed by atoms with van der Waals surface area (Å²) in [6, 6.07) is 6.01. The van der Waals surface area contributed by atoms with E-state index in [1.807, 2.05) is 21.9 Å². The van der Waals surface area contributed by atoms with Crippen LogP contribution in [0.3, 0.4) is 0 Å². The van der Waals surface area contributed by atoms with E-state index in [-0.39, 0.29) is 35.4 Å². The number of ether oxygens (including phenoxy) is 1. The first-order valence-corrected chi connectivity index (χ1v) is 13.0. The first-order chi connectivity index (χ1) is 15.3. The zero-order chi connectivity index (χ0) is 22.9. The van der Waals surface area contributed by atoms with Crippen molar-refractivity contribution >= 4 is 62.5 Å². The Balaban J connectivity index is 1.48. The Labute approximate surface area is 203 Å². The lowest BCUT2D eigenvalue weighted by atomic mass is 9.81. The maximum Gasteiger partial charge on any atom is 0.316 e. The lowest BCUT2D eigenvalue weighted by Gasteiger charge is -2.25. The summed E-state index contributed by atoms with van der Waals surface area (Å²) in [6.07, 6.45) is 2.74. The number of carbonyl (C=O) groups is 3. The SMILES string of the molecule is CCOC(=O)CSc1cnc(CC(=O)N2C[C@]3(CCN(C(C)=O)C3)c3cc(Br)ccc32)s1. The van der Waals surface area contributed by atoms with Gasteiger partial charge in [-0.1, -0.05) is 15.9 Å². The molecule has 2 aromatic rings. The number of hydrogen-bond acceptors (Lipinski definition) is 7. The topological polar surface area (TPSA) is 79.8 Å². The molecule has 1 saturated heterocycles. The van der Waals surface area contributed by atoms with Crippen LogP contribution in [0, 0.1) is 0 Å². The van der Waals surface area contributed by atoms with Gasteiger partial charge >= 0.3 is 5.97 Å². The van der Waals surface area contributed by atoms with Gasteiger partial charge in [0.15, 0.2) is 0 Å². The van der Waals surface area contributed by atoms with Crippen LogP contribution in [-0.2, 0) is 31.0 Å². The zero-order valence-corrected chi connectivity index (χ0v) is 21.1. The second kappa shape index (κ2) is 9.52. The van der Waals surface area contributed by atoms with Gasteiger partial charge in [0.2, 0.25) is 11.8 Å². The van der Waals surface area contributed by atoms with Crippen molar-refractivity contribution in [3.05, 3.63) is 39.4 Å². The monoisotopic (exact) mass is 537 g/mol. The predicted molar refractivity (Wildman–Crippen MR) is 128 cm³/mol. The minimum Gasteiger partial charge on any atom is -0.465 e. The van der Waals surface area contributed by atoms with Crippen molar-refractivity contribution in [1.82, 2.24) is 9.88 Å². The zero-order valence-electron chi connectivity index (χ0n) is 17.9. The van der Waals surface area contributed by atoms with E-state index in [4.69, 9.17) is 4.74 Å². The van der Waals surface area contributed by atoms with Crippen LogP contribution in [-0.4, -0.2) is 59.7 Å². The summed E-state index contributed by atoms with van der Waals surface area (Å²) in [5, 5.41) is 0.720. The molecular formula is C22H24BrN3O4S2. The van der Waals surface area contributed by atoms with Gasteiger partial charge in [-0.25, -0.2) is 4.98 Å². The van der Waals surface area contributed by atoms with Crippen LogP contribution in [0.15, 0.2) is 33.1 Å². The van der Waals surface area contributed by atoms with Crippen LogP contribution in [0.25, 0.3) is 0 Å². The van der Waals surface area contributed by atoms with E-state index >= 15 is 0 Å². The average molecular weight is 538 g/mol. The van der Waals surface area contributed by atoms with Crippen molar-refractivity contribution in [2.24, 2.45) is 0 Å². The number of halogens is 1. The van der Waals surface area contributed by atoms with E-state index in [2.05, 4.69) is 27.0 Å². The Bertz CT molecular complexity index is 1060. The highest BCUT2D eigenvalue weighted by atomic mass is 79.9. The van der Waals surface area contributed by atoms with Crippen molar-refractivity contribution in [3.63, 3.8) is 0 Å². The van der Waals surface area contributed by atoms with Crippen LogP contribution < -0.4 is 4.90 Å². The van der Waals surface area contributed by atoms with Gasteiger partial charge in [-0.2, -0.15) is 0 Å². The highest BCUT2D eigenvalue weighted by Gasteiger charge is 2.49. The van der Waals surface area contributed by atoms with Crippen LogP contribution in [0.4, 0.5) is 5.69 Å². The molecule has 1 atom stereocenters. The smallest absolute Gasteiger partial charge is 0.316 e. The molecule has 2 aliphatic rings. The van der Waals surface area contributed by atoms with Gasteiger partial charge < -0.3 is 14.5 Å². The molecule has 1 aromatic heterocycles. The van der Waals surface area contributed by atoms with Crippen LogP contribution >= 0.6 is 39.0 Å². The van der Waals surface area contributed by atoms with Gasteiger partial charge in [0.05, 0.1) is 29.2 Å². The molecule has 170 valence electrons. The lowest BCUT2D eigenvalue weighted by Crippen LogP contribution is -2.40. The molecule has 0 unspecified atom stereocenters. The van der Waals surface area contributed by atoms with Crippen molar-refractivity contribution in [3.8, 4) is 0 Å². The first-order valence-electron chi connectivity index (χ1n) is 10.4. The third-order valence-electron chi connectivity index (χ3n) is 5.85. The predicted octanol–water partition coefficient (Wildman–Crippen LogP) is 3.64. The summed E-state index contributed by atoms with van der Waals surface area (Å²) in [6.45, 7) is 5.64. The first kappa shape index (κ1) is 23.3. The molecule has 0 N–H and O–H groups in total. The van der Waals surface area contributed by atoms with E-state index < -0.39 is 0 Å². The van der Waals surface area contributed by atoms with Crippen LogP contribution in [0.5, 0.6) is 0 Å². The fourth-order valence-electron chi connectivity index (χ4n) is 4.35. The maximum atomic E-state index is 13.3. The van der Waals surface area contributed by atoms with Gasteiger partial charge in [-0.05, 0) is 37.1 Å². The van der Waals surface area contributed by atoms with E-state index in [0.717, 1.165) is 31.4 Å². The number of nitrogens with zero attached hydrogens (tertiary/aromatic N) is 3. The molecule has 2 aliphatic heterocycles. The van der Waals surface area contributed by atoms with Gasteiger partial charge in [0.25, 0.3) is 0 Å². The van der Waals surface area contributed by atoms with E-state index in [9.17, 15) is 14.4 Å². The van der Waals surface area contributed by atoms with Crippen molar-refractivity contribution < 1.29 is 19.1 Å². The minimum atomic E-state index is -0.259. The number of likely N-dealkylation sites (tertiary alicyclic amines) is 1. The highest BCUT2D eigenvalue weighted by Crippen LogP contribution is 2.47. The molecule has 0 aliphatic carbocycles. The number of aromatic nitrogens is 1. The Morgan fingerprint density at radius 3 is 2.84 bits per heavy atom. The molecule has 1 spiro atoms. The van der Waals surface area contributed by atoms with Gasteiger partial charge in [-0.3, -0.25) is 14.4 Å². The molecule has 2 amide bonds. The molecule has 0 saturated carbocycles. The average Bonchev–Trinajstić information content (AvgIpc) is 3.46. The molecule has 1 fully saturated rings. The molecule has 0 bridgehead atoms. The molecule has 4 rings (SSSR count). The van der Waals surface area contributed by atoms with E-state index in [1.54, 1.807) is 20.0 Å². The summed E-state index contributed by atoms with van der Waals surface area (Å²) in [7, 11) is 0. The number of carbonyl (C=O) groups excluding carboxylic acids is 3. The molecule has 0 radical (unpaired) electrons. The molecular weight excluding hydrogens is 514 g/mol.